The molecule has 1 saturated heterocycles. The standard InChI is InChI=1S/C18H26N2O3S.ClH/c1-13-14(11-24(2,22)23)6-5-8-16(13)20-17(21)18-9-4-3-7-15(18)10-19-12-18;/h5-6,8,15,19H,3-4,7,9-12H2,1-2H3,(H,20,21);1H/t15-,18+;/m0./s1. The van der Waals surface area contributed by atoms with Gasteiger partial charge in [0.15, 0.2) is 9.84 Å². The van der Waals surface area contributed by atoms with Gasteiger partial charge in [-0.3, -0.25) is 4.79 Å². The van der Waals surface area contributed by atoms with Gasteiger partial charge in [0, 0.05) is 18.5 Å². The van der Waals surface area contributed by atoms with Gasteiger partial charge >= 0.3 is 0 Å². The number of benzene rings is 1. The van der Waals surface area contributed by atoms with Gasteiger partial charge in [0.2, 0.25) is 5.91 Å². The second-order valence-corrected chi connectivity index (χ2v) is 9.48. The largest absolute Gasteiger partial charge is 0.325 e. The fourth-order valence-corrected chi connectivity index (χ4v) is 5.07. The molecule has 1 amide bonds. The molecule has 0 bridgehead atoms. The minimum atomic E-state index is -3.10. The van der Waals surface area contributed by atoms with Gasteiger partial charge in [-0.1, -0.05) is 25.0 Å². The molecule has 140 valence electrons. The van der Waals surface area contributed by atoms with Crippen LogP contribution in [-0.4, -0.2) is 33.7 Å². The van der Waals surface area contributed by atoms with Crippen molar-refractivity contribution in [3.63, 3.8) is 0 Å². The summed E-state index contributed by atoms with van der Waals surface area (Å²) in [6, 6.07) is 5.48. The lowest BCUT2D eigenvalue weighted by atomic mass is 9.67. The summed E-state index contributed by atoms with van der Waals surface area (Å²) in [5.74, 6) is 0.486. The summed E-state index contributed by atoms with van der Waals surface area (Å²) in [6.07, 6.45) is 5.56. The van der Waals surface area contributed by atoms with E-state index >= 15 is 0 Å². The quantitative estimate of drug-likeness (QED) is 0.834. The molecule has 5 nitrogen and oxygen atoms in total. The summed E-state index contributed by atoms with van der Waals surface area (Å²) >= 11 is 0. The monoisotopic (exact) mass is 386 g/mol. The molecule has 7 heteroatoms. The van der Waals surface area contributed by atoms with Crippen molar-refractivity contribution in [2.75, 3.05) is 24.7 Å². The van der Waals surface area contributed by atoms with E-state index in [1.54, 1.807) is 0 Å². The molecule has 2 aliphatic rings. The minimum absolute atomic E-state index is 0. The van der Waals surface area contributed by atoms with E-state index in [0.717, 1.165) is 49.2 Å². The van der Waals surface area contributed by atoms with Gasteiger partial charge in [-0.25, -0.2) is 8.42 Å². The maximum atomic E-state index is 13.1. The van der Waals surface area contributed by atoms with Crippen LogP contribution in [0.4, 0.5) is 5.69 Å². The van der Waals surface area contributed by atoms with E-state index in [2.05, 4.69) is 10.6 Å². The van der Waals surface area contributed by atoms with Crippen molar-refractivity contribution in [1.82, 2.24) is 5.32 Å². The average molecular weight is 387 g/mol. The number of carbonyl (C=O) groups excluding carboxylic acids is 1. The Bertz CT molecular complexity index is 751. The smallest absolute Gasteiger partial charge is 0.232 e. The first-order chi connectivity index (χ1) is 11.3. The number of rotatable bonds is 4. The summed E-state index contributed by atoms with van der Waals surface area (Å²) in [6.45, 7) is 3.53. The van der Waals surface area contributed by atoms with Crippen LogP contribution in [0.2, 0.25) is 0 Å². The van der Waals surface area contributed by atoms with Crippen LogP contribution in [0, 0.1) is 18.3 Å². The zero-order chi connectivity index (χ0) is 17.4. The molecular weight excluding hydrogens is 360 g/mol. The van der Waals surface area contributed by atoms with Gasteiger partial charge in [0.25, 0.3) is 0 Å². The van der Waals surface area contributed by atoms with Gasteiger partial charge in [-0.15, -0.1) is 12.4 Å². The van der Waals surface area contributed by atoms with Crippen LogP contribution in [-0.2, 0) is 20.4 Å². The molecule has 2 N–H and O–H groups in total. The Hall–Kier alpha value is -1.11. The topological polar surface area (TPSA) is 75.3 Å². The SMILES string of the molecule is Cc1c(CS(C)(=O)=O)cccc1NC(=O)[C@@]12CCCC[C@H]1CNC2.Cl. The highest BCUT2D eigenvalue weighted by molar-refractivity contribution is 7.89. The van der Waals surface area contributed by atoms with Gasteiger partial charge < -0.3 is 10.6 Å². The lowest BCUT2D eigenvalue weighted by molar-refractivity contribution is -0.128. The van der Waals surface area contributed by atoms with Crippen molar-refractivity contribution in [1.29, 1.82) is 0 Å². The van der Waals surface area contributed by atoms with E-state index < -0.39 is 9.84 Å². The van der Waals surface area contributed by atoms with Crippen LogP contribution < -0.4 is 10.6 Å². The highest BCUT2D eigenvalue weighted by atomic mass is 35.5. The second-order valence-electron chi connectivity index (χ2n) is 7.34. The molecule has 1 aromatic carbocycles. The molecule has 0 unspecified atom stereocenters. The van der Waals surface area contributed by atoms with Crippen LogP contribution in [0.1, 0.15) is 36.8 Å². The molecule has 3 rings (SSSR count). The molecule has 0 radical (unpaired) electrons. The van der Waals surface area contributed by atoms with Crippen molar-refractivity contribution in [2.24, 2.45) is 11.3 Å². The average Bonchev–Trinajstić information content (AvgIpc) is 2.95. The fraction of sp³-hybridized carbons (Fsp3) is 0.611. The first kappa shape index (κ1) is 20.2. The predicted molar refractivity (Wildman–Crippen MR) is 103 cm³/mol. The molecular formula is C18H27ClN2O3S. The Morgan fingerprint density at radius 2 is 2.12 bits per heavy atom. The lowest BCUT2D eigenvalue weighted by Crippen LogP contribution is -2.44. The fourth-order valence-electron chi connectivity index (χ4n) is 4.19. The van der Waals surface area contributed by atoms with Gasteiger partial charge in [-0.2, -0.15) is 0 Å². The van der Waals surface area contributed by atoms with Crippen LogP contribution in [0.3, 0.4) is 0 Å². The third-order valence-corrected chi connectivity index (χ3v) is 6.44. The summed E-state index contributed by atoms with van der Waals surface area (Å²) in [5.41, 5.74) is 2.01. The molecule has 1 heterocycles. The van der Waals surface area contributed by atoms with E-state index in [1.165, 1.54) is 12.7 Å². The summed E-state index contributed by atoms with van der Waals surface area (Å²) in [5, 5.41) is 6.48. The molecule has 1 aliphatic carbocycles. The van der Waals surface area contributed by atoms with E-state index in [-0.39, 0.29) is 29.5 Å². The van der Waals surface area contributed by atoms with Crippen molar-refractivity contribution >= 4 is 33.8 Å². The van der Waals surface area contributed by atoms with Crippen LogP contribution in [0.15, 0.2) is 18.2 Å². The van der Waals surface area contributed by atoms with E-state index in [9.17, 15) is 13.2 Å². The van der Waals surface area contributed by atoms with E-state index in [1.807, 2.05) is 25.1 Å². The van der Waals surface area contributed by atoms with Crippen molar-refractivity contribution in [3.8, 4) is 0 Å². The molecule has 1 aromatic rings. The maximum Gasteiger partial charge on any atom is 0.232 e. The van der Waals surface area contributed by atoms with Crippen molar-refractivity contribution < 1.29 is 13.2 Å². The number of sulfone groups is 1. The Labute approximate surface area is 156 Å². The number of halogens is 1. The number of carbonyl (C=O) groups is 1. The molecule has 1 saturated carbocycles. The summed E-state index contributed by atoms with van der Waals surface area (Å²) < 4.78 is 23.2. The first-order valence-corrected chi connectivity index (χ1v) is 10.7. The molecule has 25 heavy (non-hydrogen) atoms. The number of fused-ring (bicyclic) bond motifs is 1. The van der Waals surface area contributed by atoms with E-state index in [0.29, 0.717) is 5.92 Å². The van der Waals surface area contributed by atoms with E-state index in [4.69, 9.17) is 0 Å². The zero-order valence-corrected chi connectivity index (χ0v) is 16.4. The number of amides is 1. The molecule has 2 atom stereocenters. The van der Waals surface area contributed by atoms with Gasteiger partial charge in [0.1, 0.15) is 0 Å². The maximum absolute atomic E-state index is 13.1. The summed E-state index contributed by atoms with van der Waals surface area (Å²) in [4.78, 5) is 13.1. The Morgan fingerprint density at radius 3 is 2.84 bits per heavy atom. The normalized spacial score (nSPS) is 25.8. The zero-order valence-electron chi connectivity index (χ0n) is 14.8. The Morgan fingerprint density at radius 1 is 1.36 bits per heavy atom. The minimum Gasteiger partial charge on any atom is -0.325 e. The predicted octanol–water partition coefficient (Wildman–Crippen LogP) is 2.68. The molecule has 0 spiro atoms. The van der Waals surface area contributed by atoms with Crippen LogP contribution in [0.5, 0.6) is 0 Å². The Kier molecular flexibility index (Phi) is 6.17. The van der Waals surface area contributed by atoms with Gasteiger partial charge in [0.05, 0.1) is 11.2 Å². The third kappa shape index (κ3) is 4.18. The number of anilines is 1. The second kappa shape index (κ2) is 7.64. The molecule has 0 aromatic heterocycles. The number of nitrogens with one attached hydrogen (secondary N) is 2. The Balaban J connectivity index is 0.00000225. The van der Waals surface area contributed by atoms with Gasteiger partial charge in [-0.05, 0) is 49.4 Å². The lowest BCUT2D eigenvalue weighted by Gasteiger charge is -2.37. The third-order valence-electron chi connectivity index (χ3n) is 5.60. The van der Waals surface area contributed by atoms with Crippen molar-refractivity contribution in [3.05, 3.63) is 29.3 Å². The highest BCUT2D eigenvalue weighted by Crippen LogP contribution is 2.44. The highest BCUT2D eigenvalue weighted by Gasteiger charge is 2.49. The number of hydrogen-bond acceptors (Lipinski definition) is 4. The molecule has 1 aliphatic heterocycles. The van der Waals surface area contributed by atoms with Crippen LogP contribution >= 0.6 is 12.4 Å². The number of hydrogen-bond donors (Lipinski definition) is 2. The summed E-state index contributed by atoms with van der Waals surface area (Å²) in [7, 11) is -3.10. The first-order valence-electron chi connectivity index (χ1n) is 8.60. The van der Waals surface area contributed by atoms with Crippen LogP contribution in [0.25, 0.3) is 0 Å². The van der Waals surface area contributed by atoms with Crippen molar-refractivity contribution in [2.45, 2.75) is 38.4 Å². The molecule has 2 fully saturated rings.